The number of carbonyl (C=O) groups is 1. The van der Waals surface area contributed by atoms with Gasteiger partial charge in [-0.15, -0.1) is 0 Å². The predicted molar refractivity (Wildman–Crippen MR) is 164 cm³/mol. The van der Waals surface area contributed by atoms with E-state index in [9.17, 15) is 18.3 Å². The second-order valence-electron chi connectivity index (χ2n) is 9.63. The van der Waals surface area contributed by atoms with E-state index < -0.39 is 27.8 Å². The summed E-state index contributed by atoms with van der Waals surface area (Å²) in [6, 6.07) is 31.6. The van der Waals surface area contributed by atoms with E-state index in [2.05, 4.69) is 4.99 Å². The van der Waals surface area contributed by atoms with E-state index in [0.29, 0.717) is 17.2 Å². The first-order valence-electron chi connectivity index (χ1n) is 13.4. The van der Waals surface area contributed by atoms with Crippen LogP contribution in [0.1, 0.15) is 28.7 Å². The molecule has 0 radical (unpaired) electrons. The second kappa shape index (κ2) is 14.4. The minimum Gasteiger partial charge on any atom is -0.497 e. The summed E-state index contributed by atoms with van der Waals surface area (Å²) >= 11 is 0. The number of methoxy groups -OCH3 is 2. The molecule has 0 saturated carbocycles. The fraction of sp³-hybridized carbons (Fsp3) is 0.212. The first-order chi connectivity index (χ1) is 20.3. The molecular weight excluding hydrogens is 552 g/mol. The molecule has 8 nitrogen and oxygen atoms in total. The SMILES string of the molecule is COc1ccc(CN(Cc2ccc(OC)cc2)S(=O)(=O)CCC(N=C(c2ccccc2)c2ccccc2)C(=O)O)cc1. The third-order valence-corrected chi connectivity index (χ3v) is 8.54. The van der Waals surface area contributed by atoms with Gasteiger partial charge >= 0.3 is 5.97 Å². The molecule has 4 rings (SSSR count). The number of rotatable bonds is 14. The number of carboxylic acid groups (broad SMARTS) is 1. The van der Waals surface area contributed by atoms with Crippen LogP contribution >= 0.6 is 0 Å². The van der Waals surface area contributed by atoms with Crippen LogP contribution in [0.15, 0.2) is 114 Å². The molecule has 1 unspecified atom stereocenters. The zero-order valence-electron chi connectivity index (χ0n) is 23.6. The van der Waals surface area contributed by atoms with E-state index in [1.807, 2.05) is 84.9 Å². The Balaban J connectivity index is 1.61. The van der Waals surface area contributed by atoms with Gasteiger partial charge in [-0.3, -0.25) is 4.99 Å². The smallest absolute Gasteiger partial charge is 0.328 e. The molecule has 42 heavy (non-hydrogen) atoms. The fourth-order valence-corrected chi connectivity index (χ4v) is 5.89. The first kappa shape index (κ1) is 30.5. The van der Waals surface area contributed by atoms with Gasteiger partial charge in [-0.05, 0) is 41.8 Å². The van der Waals surface area contributed by atoms with Gasteiger partial charge in [0.05, 0.1) is 25.7 Å². The number of sulfonamides is 1. The average Bonchev–Trinajstić information content (AvgIpc) is 3.02. The Bertz CT molecular complexity index is 1480. The Hall–Kier alpha value is -4.47. The van der Waals surface area contributed by atoms with Crippen LogP contribution in [-0.4, -0.2) is 55.5 Å². The van der Waals surface area contributed by atoms with E-state index in [4.69, 9.17) is 9.47 Å². The number of ether oxygens (including phenoxy) is 2. The van der Waals surface area contributed by atoms with Crippen LogP contribution in [0.4, 0.5) is 0 Å². The standard InChI is InChI=1S/C33H34N2O6S/c1-40-29-17-13-25(14-18-29)23-35(24-26-15-19-30(41-2)20-16-26)42(38,39)22-21-31(33(36)37)34-32(27-9-5-3-6-10-27)28-11-7-4-8-12-28/h3-20,31H,21-24H2,1-2H3,(H,36,37). The second-order valence-corrected chi connectivity index (χ2v) is 11.7. The molecular formula is C33H34N2O6S. The molecule has 0 heterocycles. The van der Waals surface area contributed by atoms with Crippen molar-refractivity contribution in [2.24, 2.45) is 4.99 Å². The van der Waals surface area contributed by atoms with E-state index >= 15 is 0 Å². The van der Waals surface area contributed by atoms with Crippen LogP contribution < -0.4 is 9.47 Å². The van der Waals surface area contributed by atoms with Crippen LogP contribution in [-0.2, 0) is 27.9 Å². The Morgan fingerprint density at radius 2 is 1.17 bits per heavy atom. The lowest BCUT2D eigenvalue weighted by Crippen LogP contribution is -2.34. The van der Waals surface area contributed by atoms with Gasteiger partial charge < -0.3 is 14.6 Å². The average molecular weight is 587 g/mol. The third kappa shape index (κ3) is 8.28. The minimum atomic E-state index is -3.91. The minimum absolute atomic E-state index is 0.110. The van der Waals surface area contributed by atoms with Gasteiger partial charge in [0.25, 0.3) is 0 Å². The van der Waals surface area contributed by atoms with Crippen molar-refractivity contribution in [1.82, 2.24) is 4.31 Å². The summed E-state index contributed by atoms with van der Waals surface area (Å²) in [4.78, 5) is 16.9. The molecule has 0 aliphatic heterocycles. The molecule has 1 N–H and O–H groups in total. The summed E-state index contributed by atoms with van der Waals surface area (Å²) < 4.78 is 39.4. The summed E-state index contributed by atoms with van der Waals surface area (Å²) in [6.45, 7) is 0.220. The number of nitrogens with zero attached hydrogens (tertiary/aromatic N) is 2. The molecule has 0 spiro atoms. The third-order valence-electron chi connectivity index (χ3n) is 6.74. The molecule has 218 valence electrons. The molecule has 0 amide bonds. The molecule has 1 atom stereocenters. The van der Waals surface area contributed by atoms with Gasteiger partial charge in [-0.2, -0.15) is 4.31 Å². The molecule has 0 saturated heterocycles. The van der Waals surface area contributed by atoms with E-state index in [-0.39, 0.29) is 19.5 Å². The van der Waals surface area contributed by atoms with E-state index in [1.54, 1.807) is 38.5 Å². The van der Waals surface area contributed by atoms with Crippen LogP contribution in [0, 0.1) is 0 Å². The number of carboxylic acids is 1. The lowest BCUT2D eigenvalue weighted by Gasteiger charge is -2.23. The number of aliphatic imine (C=N–C) groups is 1. The van der Waals surface area contributed by atoms with Gasteiger partial charge in [0.15, 0.2) is 0 Å². The highest BCUT2D eigenvalue weighted by Crippen LogP contribution is 2.21. The maximum atomic E-state index is 13.8. The lowest BCUT2D eigenvalue weighted by molar-refractivity contribution is -0.138. The fourth-order valence-electron chi connectivity index (χ4n) is 4.42. The quantitative estimate of drug-likeness (QED) is 0.198. The normalized spacial score (nSPS) is 12.0. The molecule has 0 aliphatic carbocycles. The predicted octanol–water partition coefficient (Wildman–Crippen LogP) is 5.42. The highest BCUT2D eigenvalue weighted by atomic mass is 32.2. The lowest BCUT2D eigenvalue weighted by atomic mass is 10.0. The summed E-state index contributed by atoms with van der Waals surface area (Å²) in [7, 11) is -0.771. The highest BCUT2D eigenvalue weighted by molar-refractivity contribution is 7.89. The molecule has 0 aliphatic rings. The number of benzene rings is 4. The van der Waals surface area contributed by atoms with Gasteiger partial charge in [-0.1, -0.05) is 84.9 Å². The highest BCUT2D eigenvalue weighted by Gasteiger charge is 2.27. The van der Waals surface area contributed by atoms with Gasteiger partial charge in [0.2, 0.25) is 10.0 Å². The van der Waals surface area contributed by atoms with Crippen molar-refractivity contribution >= 4 is 21.7 Å². The van der Waals surface area contributed by atoms with E-state index in [0.717, 1.165) is 22.3 Å². The van der Waals surface area contributed by atoms with Crippen molar-refractivity contribution < 1.29 is 27.8 Å². The van der Waals surface area contributed by atoms with Crippen molar-refractivity contribution in [2.45, 2.75) is 25.6 Å². The van der Waals surface area contributed by atoms with Crippen LogP contribution in [0.25, 0.3) is 0 Å². The first-order valence-corrected chi connectivity index (χ1v) is 15.0. The monoisotopic (exact) mass is 586 g/mol. The van der Waals surface area contributed by atoms with Crippen LogP contribution in [0.3, 0.4) is 0 Å². The van der Waals surface area contributed by atoms with Crippen molar-refractivity contribution in [3.05, 3.63) is 131 Å². The Morgan fingerprint density at radius 3 is 1.55 bits per heavy atom. The van der Waals surface area contributed by atoms with E-state index in [1.165, 1.54) is 4.31 Å². The maximum Gasteiger partial charge on any atom is 0.328 e. The number of hydrogen-bond acceptors (Lipinski definition) is 6. The van der Waals surface area contributed by atoms with Gasteiger partial charge in [0, 0.05) is 24.2 Å². The Labute approximate surface area is 246 Å². The summed E-state index contributed by atoms with van der Waals surface area (Å²) in [5.74, 6) is -0.251. The van der Waals surface area contributed by atoms with Crippen LogP contribution in [0.2, 0.25) is 0 Å². The Morgan fingerprint density at radius 1 is 0.738 bits per heavy atom. The molecule has 9 heteroatoms. The zero-order chi connectivity index (χ0) is 30.0. The van der Waals surface area contributed by atoms with Crippen molar-refractivity contribution in [3.8, 4) is 11.5 Å². The summed E-state index contributed by atoms with van der Waals surface area (Å²) in [5.41, 5.74) is 3.54. The van der Waals surface area contributed by atoms with Crippen molar-refractivity contribution in [3.63, 3.8) is 0 Å². The van der Waals surface area contributed by atoms with Crippen molar-refractivity contribution in [2.75, 3.05) is 20.0 Å². The number of hydrogen-bond donors (Lipinski definition) is 1. The van der Waals surface area contributed by atoms with Crippen LogP contribution in [0.5, 0.6) is 11.5 Å². The molecule has 0 aromatic heterocycles. The topological polar surface area (TPSA) is 106 Å². The van der Waals surface area contributed by atoms with Crippen molar-refractivity contribution in [1.29, 1.82) is 0 Å². The molecule has 4 aromatic rings. The largest absolute Gasteiger partial charge is 0.497 e. The van der Waals surface area contributed by atoms with Gasteiger partial charge in [-0.25, -0.2) is 13.2 Å². The van der Waals surface area contributed by atoms with Gasteiger partial charge in [0.1, 0.15) is 17.5 Å². The number of aliphatic carboxylic acids is 1. The Kier molecular flexibility index (Phi) is 10.5. The maximum absolute atomic E-state index is 13.8. The molecule has 0 bridgehead atoms. The molecule has 4 aromatic carbocycles. The summed E-state index contributed by atoms with van der Waals surface area (Å²) in [6.07, 6.45) is -0.192. The molecule has 0 fully saturated rings. The zero-order valence-corrected chi connectivity index (χ0v) is 24.4. The summed E-state index contributed by atoms with van der Waals surface area (Å²) in [5, 5.41) is 10.1.